The minimum absolute atomic E-state index is 0.220. The van der Waals surface area contributed by atoms with Gasteiger partial charge in [-0.1, -0.05) is 25.5 Å². The molecule has 0 spiro atoms. The van der Waals surface area contributed by atoms with Gasteiger partial charge in [-0.3, -0.25) is 9.69 Å². The normalized spacial score (nSPS) is 33.2. The van der Waals surface area contributed by atoms with Crippen molar-refractivity contribution in [3.63, 3.8) is 0 Å². The zero-order chi connectivity index (χ0) is 19.4. The Hall–Kier alpha value is -0.910. The van der Waals surface area contributed by atoms with E-state index in [1.807, 2.05) is 0 Å². The lowest BCUT2D eigenvalue weighted by molar-refractivity contribution is -0.134. The van der Waals surface area contributed by atoms with Crippen LogP contribution in [0.3, 0.4) is 0 Å². The molecule has 0 aromatic heterocycles. The van der Waals surface area contributed by atoms with Gasteiger partial charge in [0.1, 0.15) is 0 Å². The van der Waals surface area contributed by atoms with Gasteiger partial charge in [-0.25, -0.2) is 0 Å². The SMILES string of the molecule is CC1=CC(CO)C(C(C)C)CC1CC(=O)N1CCN(C2CCCCN2)CC1. The number of amides is 1. The summed E-state index contributed by atoms with van der Waals surface area (Å²) in [5.74, 6) is 1.92. The molecule has 0 bridgehead atoms. The fourth-order valence-electron chi connectivity index (χ4n) is 5.25. The van der Waals surface area contributed by atoms with Crippen LogP contribution < -0.4 is 5.32 Å². The zero-order valence-electron chi connectivity index (χ0n) is 17.5. The Balaban J connectivity index is 1.51. The van der Waals surface area contributed by atoms with Crippen molar-refractivity contribution in [2.75, 3.05) is 39.3 Å². The molecule has 1 amide bonds. The maximum atomic E-state index is 12.9. The molecule has 1 aliphatic carbocycles. The maximum Gasteiger partial charge on any atom is 0.223 e. The zero-order valence-corrected chi connectivity index (χ0v) is 17.5. The van der Waals surface area contributed by atoms with Crippen molar-refractivity contribution in [1.82, 2.24) is 15.1 Å². The first-order valence-corrected chi connectivity index (χ1v) is 11.0. The first-order valence-electron chi connectivity index (χ1n) is 11.0. The predicted molar refractivity (Wildman–Crippen MR) is 109 cm³/mol. The highest BCUT2D eigenvalue weighted by molar-refractivity contribution is 5.77. The molecule has 2 aliphatic heterocycles. The molecular formula is C22H39N3O2. The molecule has 5 heteroatoms. The van der Waals surface area contributed by atoms with Gasteiger partial charge in [-0.2, -0.15) is 0 Å². The second-order valence-corrected chi connectivity index (χ2v) is 9.18. The molecule has 3 aliphatic rings. The van der Waals surface area contributed by atoms with E-state index >= 15 is 0 Å². The minimum Gasteiger partial charge on any atom is -0.396 e. The average molecular weight is 378 g/mol. The third-order valence-electron chi connectivity index (χ3n) is 7.11. The van der Waals surface area contributed by atoms with E-state index in [1.54, 1.807) is 0 Å². The Kier molecular flexibility index (Phi) is 7.35. The van der Waals surface area contributed by atoms with E-state index in [2.05, 4.69) is 42.0 Å². The standard InChI is InChI=1S/C22H39N3O2/c1-16(2)20-13-18(17(3)12-19(20)15-26)14-22(27)25-10-8-24(9-11-25)21-6-4-5-7-23-21/h12,16,18-21,23,26H,4-11,13-15H2,1-3H3. The molecule has 5 nitrogen and oxygen atoms in total. The van der Waals surface area contributed by atoms with E-state index in [0.717, 1.165) is 39.1 Å². The van der Waals surface area contributed by atoms with Crippen LogP contribution in [0.25, 0.3) is 0 Å². The van der Waals surface area contributed by atoms with Crippen LogP contribution in [0.5, 0.6) is 0 Å². The highest BCUT2D eigenvalue weighted by Crippen LogP contribution is 2.39. The summed E-state index contributed by atoms with van der Waals surface area (Å²) in [5.41, 5.74) is 1.30. The minimum atomic E-state index is 0.220. The van der Waals surface area contributed by atoms with Crippen LogP contribution in [-0.4, -0.2) is 66.3 Å². The number of aliphatic hydroxyl groups is 1. The Morgan fingerprint density at radius 1 is 1.26 bits per heavy atom. The Morgan fingerprint density at radius 3 is 2.59 bits per heavy atom. The van der Waals surface area contributed by atoms with Crippen molar-refractivity contribution < 1.29 is 9.90 Å². The van der Waals surface area contributed by atoms with Gasteiger partial charge in [0, 0.05) is 45.1 Å². The number of nitrogens with one attached hydrogen (secondary N) is 1. The summed E-state index contributed by atoms with van der Waals surface area (Å²) in [7, 11) is 0. The van der Waals surface area contributed by atoms with Crippen LogP contribution >= 0.6 is 0 Å². The molecule has 0 aromatic carbocycles. The van der Waals surface area contributed by atoms with E-state index < -0.39 is 0 Å². The summed E-state index contributed by atoms with van der Waals surface area (Å²) in [6.45, 7) is 11.7. The number of piperidine rings is 1. The lowest BCUT2D eigenvalue weighted by atomic mass is 9.70. The summed E-state index contributed by atoms with van der Waals surface area (Å²) in [6, 6.07) is 0. The lowest BCUT2D eigenvalue weighted by Gasteiger charge is -2.42. The Morgan fingerprint density at radius 2 is 2.00 bits per heavy atom. The largest absolute Gasteiger partial charge is 0.396 e. The van der Waals surface area contributed by atoms with E-state index in [0.29, 0.717) is 36.2 Å². The number of allylic oxidation sites excluding steroid dienone is 1. The molecule has 27 heavy (non-hydrogen) atoms. The van der Waals surface area contributed by atoms with Crippen molar-refractivity contribution >= 4 is 5.91 Å². The van der Waals surface area contributed by atoms with Crippen LogP contribution in [-0.2, 0) is 4.79 Å². The number of carbonyl (C=O) groups is 1. The topological polar surface area (TPSA) is 55.8 Å². The molecule has 3 rings (SSSR count). The Labute approximate surface area is 165 Å². The second-order valence-electron chi connectivity index (χ2n) is 9.18. The summed E-state index contributed by atoms with van der Waals surface area (Å²) >= 11 is 0. The Bertz CT molecular complexity index is 520. The number of carbonyl (C=O) groups excluding carboxylic acids is 1. The van der Waals surface area contributed by atoms with Gasteiger partial charge in [0.05, 0.1) is 6.17 Å². The van der Waals surface area contributed by atoms with E-state index in [1.165, 1.54) is 24.8 Å². The quantitative estimate of drug-likeness (QED) is 0.723. The highest BCUT2D eigenvalue weighted by Gasteiger charge is 2.34. The summed E-state index contributed by atoms with van der Waals surface area (Å²) in [4.78, 5) is 17.5. The number of piperazine rings is 1. The first kappa shape index (κ1) is 20.8. The molecule has 0 saturated carbocycles. The van der Waals surface area contributed by atoms with Gasteiger partial charge in [-0.05, 0) is 56.9 Å². The summed E-state index contributed by atoms with van der Waals surface area (Å²) in [5, 5.41) is 13.3. The van der Waals surface area contributed by atoms with Gasteiger partial charge in [-0.15, -0.1) is 0 Å². The maximum absolute atomic E-state index is 12.9. The van der Waals surface area contributed by atoms with Crippen LogP contribution in [0.4, 0.5) is 0 Å². The molecule has 2 fully saturated rings. The fourth-order valence-corrected chi connectivity index (χ4v) is 5.25. The number of hydrogen-bond donors (Lipinski definition) is 2. The third-order valence-corrected chi connectivity index (χ3v) is 7.11. The molecule has 4 atom stereocenters. The average Bonchev–Trinajstić information content (AvgIpc) is 2.69. The third kappa shape index (κ3) is 5.12. The van der Waals surface area contributed by atoms with E-state index in [4.69, 9.17) is 0 Å². The van der Waals surface area contributed by atoms with Crippen molar-refractivity contribution in [3.05, 3.63) is 11.6 Å². The molecule has 0 radical (unpaired) electrons. The molecule has 154 valence electrons. The number of rotatable bonds is 5. The van der Waals surface area contributed by atoms with E-state index in [-0.39, 0.29) is 12.5 Å². The molecule has 4 unspecified atom stereocenters. The van der Waals surface area contributed by atoms with Gasteiger partial charge < -0.3 is 15.3 Å². The van der Waals surface area contributed by atoms with Gasteiger partial charge >= 0.3 is 0 Å². The molecule has 2 saturated heterocycles. The van der Waals surface area contributed by atoms with Gasteiger partial charge in [0.25, 0.3) is 0 Å². The predicted octanol–water partition coefficient (Wildman–Crippen LogP) is 2.47. The second kappa shape index (κ2) is 9.53. The number of hydrogen-bond acceptors (Lipinski definition) is 4. The van der Waals surface area contributed by atoms with Crippen LogP contribution in [0, 0.1) is 23.7 Å². The van der Waals surface area contributed by atoms with Gasteiger partial charge in [0.2, 0.25) is 5.91 Å². The van der Waals surface area contributed by atoms with Crippen molar-refractivity contribution in [2.45, 2.75) is 59.0 Å². The number of nitrogens with zero attached hydrogens (tertiary/aromatic N) is 2. The molecule has 0 aromatic rings. The molecule has 2 N–H and O–H groups in total. The van der Waals surface area contributed by atoms with Crippen molar-refractivity contribution in [2.24, 2.45) is 23.7 Å². The smallest absolute Gasteiger partial charge is 0.223 e. The lowest BCUT2D eigenvalue weighted by Crippen LogP contribution is -2.57. The fraction of sp³-hybridized carbons (Fsp3) is 0.864. The molecular weight excluding hydrogens is 338 g/mol. The molecule has 2 heterocycles. The monoisotopic (exact) mass is 377 g/mol. The van der Waals surface area contributed by atoms with Gasteiger partial charge in [0.15, 0.2) is 0 Å². The van der Waals surface area contributed by atoms with Crippen molar-refractivity contribution in [3.8, 4) is 0 Å². The van der Waals surface area contributed by atoms with E-state index in [9.17, 15) is 9.90 Å². The van der Waals surface area contributed by atoms with Crippen LogP contribution in [0.2, 0.25) is 0 Å². The first-order chi connectivity index (χ1) is 13.0. The summed E-state index contributed by atoms with van der Waals surface area (Å²) < 4.78 is 0. The summed E-state index contributed by atoms with van der Waals surface area (Å²) in [6.07, 6.45) is 8.25. The van der Waals surface area contributed by atoms with Crippen LogP contribution in [0.15, 0.2) is 11.6 Å². The number of aliphatic hydroxyl groups excluding tert-OH is 1. The highest BCUT2D eigenvalue weighted by atomic mass is 16.3. The van der Waals surface area contributed by atoms with Crippen molar-refractivity contribution in [1.29, 1.82) is 0 Å². The van der Waals surface area contributed by atoms with Crippen LogP contribution in [0.1, 0.15) is 52.9 Å².